The number of rotatable bonds is 2. The monoisotopic (exact) mass is 275 g/mol. The number of anilines is 1. The van der Waals surface area contributed by atoms with Gasteiger partial charge >= 0.3 is 6.09 Å². The number of carbonyl (C=O) groups is 1. The van der Waals surface area contributed by atoms with Gasteiger partial charge in [-0.1, -0.05) is 6.07 Å². The fourth-order valence-electron chi connectivity index (χ4n) is 1.61. The van der Waals surface area contributed by atoms with E-state index < -0.39 is 11.7 Å². The minimum atomic E-state index is -0.534. The lowest BCUT2D eigenvalue weighted by Crippen LogP contribution is -2.27. The van der Waals surface area contributed by atoms with Crippen LogP contribution in [0.15, 0.2) is 24.3 Å². The lowest BCUT2D eigenvalue weighted by Gasteiger charge is -2.19. The van der Waals surface area contributed by atoms with Crippen LogP contribution in [0.2, 0.25) is 0 Å². The average Bonchev–Trinajstić information content (AvgIpc) is 2.73. The summed E-state index contributed by atoms with van der Waals surface area (Å²) >= 11 is 0. The van der Waals surface area contributed by atoms with Crippen molar-refractivity contribution >= 4 is 11.8 Å². The predicted molar refractivity (Wildman–Crippen MR) is 73.7 cm³/mol. The fraction of sp³-hybridized carbons (Fsp3) is 0.385. The summed E-state index contributed by atoms with van der Waals surface area (Å²) in [6.45, 7) is 7.24. The molecule has 106 valence electrons. The Balaban J connectivity index is 2.15. The van der Waals surface area contributed by atoms with E-state index in [0.717, 1.165) is 5.69 Å². The Labute approximate surface area is 116 Å². The molecule has 0 aliphatic heterocycles. The number of aryl methyl sites for hydroxylation is 1. The molecule has 0 atom stereocenters. The van der Waals surface area contributed by atoms with Crippen molar-refractivity contribution in [3.8, 4) is 5.69 Å². The van der Waals surface area contributed by atoms with Crippen LogP contribution in [0, 0.1) is 6.92 Å². The van der Waals surface area contributed by atoms with E-state index in [2.05, 4.69) is 20.8 Å². The van der Waals surface area contributed by atoms with Gasteiger partial charge in [0.1, 0.15) is 5.60 Å². The first-order valence-corrected chi connectivity index (χ1v) is 6.20. The first-order valence-electron chi connectivity index (χ1n) is 6.20. The van der Waals surface area contributed by atoms with Crippen molar-refractivity contribution in [2.45, 2.75) is 33.3 Å². The normalized spacial score (nSPS) is 11.2. The van der Waals surface area contributed by atoms with Crippen molar-refractivity contribution in [1.82, 2.24) is 20.2 Å². The smallest absolute Gasteiger partial charge is 0.412 e. The van der Waals surface area contributed by atoms with Gasteiger partial charge in [-0.3, -0.25) is 5.32 Å². The Morgan fingerprint density at radius 2 is 2.10 bits per heavy atom. The maximum absolute atomic E-state index is 11.7. The molecule has 1 aromatic heterocycles. The number of ether oxygens (including phenoxy) is 1. The number of nitrogens with one attached hydrogen (secondary N) is 1. The van der Waals surface area contributed by atoms with Gasteiger partial charge in [0.15, 0.2) is 5.82 Å². The van der Waals surface area contributed by atoms with Crippen molar-refractivity contribution < 1.29 is 9.53 Å². The highest BCUT2D eigenvalue weighted by Gasteiger charge is 2.16. The van der Waals surface area contributed by atoms with Gasteiger partial charge in [-0.2, -0.15) is 4.68 Å². The van der Waals surface area contributed by atoms with E-state index in [1.165, 1.54) is 0 Å². The third-order valence-corrected chi connectivity index (χ3v) is 2.36. The highest BCUT2D eigenvalue weighted by atomic mass is 16.6. The molecule has 1 amide bonds. The summed E-state index contributed by atoms with van der Waals surface area (Å²) in [5, 5.41) is 14.0. The topological polar surface area (TPSA) is 81.9 Å². The Morgan fingerprint density at radius 3 is 2.70 bits per heavy atom. The second-order valence-electron chi connectivity index (χ2n) is 5.32. The molecule has 20 heavy (non-hydrogen) atoms. The van der Waals surface area contributed by atoms with Crippen molar-refractivity contribution in [3.05, 3.63) is 30.1 Å². The number of nitrogens with zero attached hydrogens (tertiary/aromatic N) is 4. The molecule has 7 heteroatoms. The molecule has 0 unspecified atom stereocenters. The number of hydrogen-bond acceptors (Lipinski definition) is 5. The summed E-state index contributed by atoms with van der Waals surface area (Å²) in [5.74, 6) is 0.666. The Bertz CT molecular complexity index is 615. The molecule has 0 saturated heterocycles. The van der Waals surface area contributed by atoms with Crippen LogP contribution < -0.4 is 5.32 Å². The van der Waals surface area contributed by atoms with E-state index in [9.17, 15) is 4.79 Å². The van der Waals surface area contributed by atoms with Crippen molar-refractivity contribution in [2.75, 3.05) is 5.32 Å². The van der Waals surface area contributed by atoms with Crippen molar-refractivity contribution in [2.24, 2.45) is 0 Å². The van der Waals surface area contributed by atoms with Crippen molar-refractivity contribution in [1.29, 1.82) is 0 Å². The quantitative estimate of drug-likeness (QED) is 0.909. The van der Waals surface area contributed by atoms with Gasteiger partial charge in [0.05, 0.1) is 5.69 Å². The SMILES string of the molecule is Cc1nnnn1-c1cccc(NC(=O)OC(C)(C)C)c1. The van der Waals surface area contributed by atoms with E-state index in [0.29, 0.717) is 11.5 Å². The molecular weight excluding hydrogens is 258 g/mol. The van der Waals surface area contributed by atoms with Crippen LogP contribution >= 0.6 is 0 Å². The van der Waals surface area contributed by atoms with E-state index in [4.69, 9.17) is 4.74 Å². The summed E-state index contributed by atoms with van der Waals surface area (Å²) < 4.78 is 6.78. The van der Waals surface area contributed by atoms with Gasteiger partial charge in [0.25, 0.3) is 0 Å². The van der Waals surface area contributed by atoms with E-state index >= 15 is 0 Å². The lowest BCUT2D eigenvalue weighted by atomic mass is 10.2. The number of tetrazole rings is 1. The first-order chi connectivity index (χ1) is 9.35. The maximum Gasteiger partial charge on any atom is 0.412 e. The van der Waals surface area contributed by atoms with Gasteiger partial charge in [0.2, 0.25) is 0 Å². The molecule has 0 saturated carbocycles. The summed E-state index contributed by atoms with van der Waals surface area (Å²) in [6.07, 6.45) is -0.497. The number of amides is 1. The zero-order valence-electron chi connectivity index (χ0n) is 11.9. The lowest BCUT2D eigenvalue weighted by molar-refractivity contribution is 0.0636. The number of benzene rings is 1. The molecule has 1 N–H and O–H groups in total. The second kappa shape index (κ2) is 5.28. The first kappa shape index (κ1) is 14.0. The Kier molecular flexibility index (Phi) is 3.69. The molecule has 7 nitrogen and oxygen atoms in total. The Morgan fingerprint density at radius 1 is 1.35 bits per heavy atom. The molecular formula is C13H17N5O2. The van der Waals surface area contributed by atoms with E-state index in [-0.39, 0.29) is 0 Å². The maximum atomic E-state index is 11.7. The average molecular weight is 275 g/mol. The van der Waals surface area contributed by atoms with Gasteiger partial charge < -0.3 is 4.74 Å². The molecule has 1 aromatic carbocycles. The zero-order chi connectivity index (χ0) is 14.8. The van der Waals surface area contributed by atoms with Gasteiger partial charge in [0, 0.05) is 5.69 Å². The van der Waals surface area contributed by atoms with Crippen LogP contribution in [0.25, 0.3) is 5.69 Å². The highest BCUT2D eigenvalue weighted by molar-refractivity contribution is 5.85. The van der Waals surface area contributed by atoms with Crippen LogP contribution in [0.5, 0.6) is 0 Å². The van der Waals surface area contributed by atoms with Crippen LogP contribution in [-0.2, 0) is 4.74 Å². The molecule has 0 fully saturated rings. The summed E-state index contributed by atoms with van der Waals surface area (Å²) in [6, 6.07) is 7.20. The number of aromatic nitrogens is 4. The van der Waals surface area contributed by atoms with Crippen LogP contribution in [0.1, 0.15) is 26.6 Å². The minimum absolute atomic E-state index is 0.497. The molecule has 0 aliphatic carbocycles. The fourth-order valence-corrected chi connectivity index (χ4v) is 1.61. The molecule has 1 heterocycles. The highest BCUT2D eigenvalue weighted by Crippen LogP contribution is 2.16. The van der Waals surface area contributed by atoms with Crippen molar-refractivity contribution in [3.63, 3.8) is 0 Å². The van der Waals surface area contributed by atoms with Crippen LogP contribution in [0.3, 0.4) is 0 Å². The van der Waals surface area contributed by atoms with Gasteiger partial charge in [-0.05, 0) is 56.3 Å². The second-order valence-corrected chi connectivity index (χ2v) is 5.32. The molecule has 0 aliphatic rings. The number of carbonyl (C=O) groups excluding carboxylic acids is 1. The zero-order valence-corrected chi connectivity index (χ0v) is 11.9. The largest absolute Gasteiger partial charge is 0.444 e. The molecule has 2 rings (SSSR count). The molecule has 2 aromatic rings. The summed E-state index contributed by atoms with van der Waals surface area (Å²) in [4.78, 5) is 11.7. The van der Waals surface area contributed by atoms with Crippen LogP contribution in [0.4, 0.5) is 10.5 Å². The molecule has 0 spiro atoms. The van der Waals surface area contributed by atoms with E-state index in [1.807, 2.05) is 32.9 Å². The molecule has 0 bridgehead atoms. The number of hydrogen-bond donors (Lipinski definition) is 1. The summed E-state index contributed by atoms with van der Waals surface area (Å²) in [7, 11) is 0. The summed E-state index contributed by atoms with van der Waals surface area (Å²) in [5.41, 5.74) is 0.849. The minimum Gasteiger partial charge on any atom is -0.444 e. The molecule has 0 radical (unpaired) electrons. The third-order valence-electron chi connectivity index (χ3n) is 2.36. The standard InChI is InChI=1S/C13H17N5O2/c1-9-15-16-17-18(9)11-7-5-6-10(8-11)14-12(19)20-13(2,3)4/h5-8H,1-4H3,(H,14,19). The predicted octanol–water partition coefficient (Wildman–Crippen LogP) is 2.32. The van der Waals surface area contributed by atoms with Crippen LogP contribution in [-0.4, -0.2) is 31.9 Å². The van der Waals surface area contributed by atoms with Gasteiger partial charge in [-0.15, -0.1) is 5.10 Å². The van der Waals surface area contributed by atoms with E-state index in [1.54, 1.807) is 23.7 Å². The Hall–Kier alpha value is -2.44. The van der Waals surface area contributed by atoms with Gasteiger partial charge in [-0.25, -0.2) is 4.79 Å². The third kappa shape index (κ3) is 3.53.